The number of likely N-dealkylation sites (N-methyl/N-ethyl adjacent to an activating group) is 1. The van der Waals surface area contributed by atoms with E-state index in [1.165, 1.54) is 0 Å². The van der Waals surface area contributed by atoms with Crippen molar-refractivity contribution in [1.82, 2.24) is 15.0 Å². The average molecular weight is 364 g/mol. The van der Waals surface area contributed by atoms with Crippen molar-refractivity contribution < 1.29 is 4.79 Å². The highest BCUT2D eigenvalue weighted by Crippen LogP contribution is 2.13. The van der Waals surface area contributed by atoms with Crippen molar-refractivity contribution >= 4 is 33.5 Å². The minimum Gasteiger partial charge on any atom is -0.350 e. The molecule has 0 radical (unpaired) electrons. The topological polar surface area (TPSA) is 71.0 Å². The number of halogens is 1. The van der Waals surface area contributed by atoms with Gasteiger partial charge in [0.05, 0.1) is 6.54 Å². The Balaban J connectivity index is 2.01. The van der Waals surface area contributed by atoms with Crippen LogP contribution in [0.15, 0.2) is 28.9 Å². The minimum atomic E-state index is -0.147. The van der Waals surface area contributed by atoms with Gasteiger partial charge in [0.15, 0.2) is 0 Å². The zero-order chi connectivity index (χ0) is 16.1. The second-order valence-electron chi connectivity index (χ2n) is 4.88. The van der Waals surface area contributed by atoms with Gasteiger partial charge in [-0.2, -0.15) is 0 Å². The van der Waals surface area contributed by atoms with Gasteiger partial charge in [0.2, 0.25) is 5.91 Å². The molecule has 0 unspecified atom stereocenters. The molecule has 0 aromatic carbocycles. The number of hydrogen-bond donors (Lipinski definition) is 1. The smallest absolute Gasteiger partial charge is 0.245 e. The lowest BCUT2D eigenvalue weighted by Gasteiger charge is -2.18. The van der Waals surface area contributed by atoms with E-state index >= 15 is 0 Å². The lowest BCUT2D eigenvalue weighted by molar-refractivity contribution is -0.114. The summed E-state index contributed by atoms with van der Waals surface area (Å²) in [6, 6.07) is 5.47. The summed E-state index contributed by atoms with van der Waals surface area (Å²) in [5.74, 6) is 1.82. The van der Waals surface area contributed by atoms with Crippen LogP contribution >= 0.6 is 15.9 Å². The molecule has 2 heterocycles. The number of amides is 1. The van der Waals surface area contributed by atoms with Gasteiger partial charge in [-0.1, -0.05) is 6.92 Å². The van der Waals surface area contributed by atoms with Crippen LogP contribution in [-0.4, -0.2) is 34.5 Å². The van der Waals surface area contributed by atoms with E-state index in [1.807, 2.05) is 33.0 Å². The molecule has 0 aliphatic rings. The number of carbonyl (C=O) groups is 1. The molecule has 0 saturated carbocycles. The van der Waals surface area contributed by atoms with Gasteiger partial charge in [0.1, 0.15) is 17.5 Å². The first-order valence-electron chi connectivity index (χ1n) is 6.95. The Hall–Kier alpha value is -2.02. The van der Waals surface area contributed by atoms with Gasteiger partial charge in [0.25, 0.3) is 0 Å². The van der Waals surface area contributed by atoms with Crippen molar-refractivity contribution in [2.75, 3.05) is 23.8 Å². The molecule has 7 heteroatoms. The lowest BCUT2D eigenvalue weighted by Crippen LogP contribution is -2.31. The molecule has 2 rings (SSSR count). The normalized spacial score (nSPS) is 10.4. The molecule has 0 saturated heterocycles. The Morgan fingerprint density at radius 1 is 1.36 bits per heavy atom. The van der Waals surface area contributed by atoms with E-state index in [2.05, 4.69) is 36.2 Å². The largest absolute Gasteiger partial charge is 0.350 e. The standard InChI is InChI=1S/C15H18BrN5O/c1-4-12-7-14(19-10(2)18-12)21(3)9-15(22)20-13-6-5-11(16)8-17-13/h5-8H,4,9H2,1-3H3,(H,17,20,22). The Morgan fingerprint density at radius 2 is 2.14 bits per heavy atom. The van der Waals surface area contributed by atoms with Crippen molar-refractivity contribution in [3.63, 3.8) is 0 Å². The first kappa shape index (κ1) is 16.4. The Kier molecular flexibility index (Phi) is 5.43. The van der Waals surface area contributed by atoms with E-state index in [-0.39, 0.29) is 12.5 Å². The molecule has 1 N–H and O–H groups in total. The van der Waals surface area contributed by atoms with Crippen LogP contribution in [0.4, 0.5) is 11.6 Å². The van der Waals surface area contributed by atoms with E-state index in [4.69, 9.17) is 0 Å². The number of pyridine rings is 1. The molecular formula is C15H18BrN5O. The third kappa shape index (κ3) is 4.49. The van der Waals surface area contributed by atoms with Crippen LogP contribution in [0.3, 0.4) is 0 Å². The number of nitrogens with zero attached hydrogens (tertiary/aromatic N) is 4. The van der Waals surface area contributed by atoms with Crippen molar-refractivity contribution in [3.8, 4) is 0 Å². The van der Waals surface area contributed by atoms with Crippen LogP contribution in [0, 0.1) is 6.92 Å². The van der Waals surface area contributed by atoms with Gasteiger partial charge in [0, 0.05) is 29.5 Å². The number of hydrogen-bond acceptors (Lipinski definition) is 5. The first-order valence-corrected chi connectivity index (χ1v) is 7.74. The SMILES string of the molecule is CCc1cc(N(C)CC(=O)Nc2ccc(Br)cn2)nc(C)n1. The summed E-state index contributed by atoms with van der Waals surface area (Å²) in [4.78, 5) is 26.7. The van der Waals surface area contributed by atoms with Crippen LogP contribution in [0.2, 0.25) is 0 Å². The van der Waals surface area contributed by atoms with E-state index in [9.17, 15) is 4.79 Å². The molecule has 0 spiro atoms. The first-order chi connectivity index (χ1) is 10.5. The van der Waals surface area contributed by atoms with Crippen molar-refractivity contribution in [3.05, 3.63) is 40.4 Å². The molecule has 6 nitrogen and oxygen atoms in total. The van der Waals surface area contributed by atoms with Gasteiger partial charge in [-0.15, -0.1) is 0 Å². The molecular weight excluding hydrogens is 346 g/mol. The van der Waals surface area contributed by atoms with Crippen molar-refractivity contribution in [1.29, 1.82) is 0 Å². The number of aromatic nitrogens is 3. The number of carbonyl (C=O) groups excluding carboxylic acids is 1. The van der Waals surface area contributed by atoms with Crippen LogP contribution in [-0.2, 0) is 11.2 Å². The maximum Gasteiger partial charge on any atom is 0.245 e. The molecule has 2 aromatic rings. The van der Waals surface area contributed by atoms with E-state index < -0.39 is 0 Å². The van der Waals surface area contributed by atoms with E-state index in [0.29, 0.717) is 11.6 Å². The summed E-state index contributed by atoms with van der Waals surface area (Å²) < 4.78 is 0.867. The zero-order valence-electron chi connectivity index (χ0n) is 12.8. The summed E-state index contributed by atoms with van der Waals surface area (Å²) in [6.45, 7) is 4.08. The highest BCUT2D eigenvalue weighted by molar-refractivity contribution is 9.10. The molecule has 0 fully saturated rings. The second kappa shape index (κ2) is 7.31. The van der Waals surface area contributed by atoms with Gasteiger partial charge >= 0.3 is 0 Å². The van der Waals surface area contributed by atoms with Gasteiger partial charge < -0.3 is 10.2 Å². The number of aryl methyl sites for hydroxylation is 2. The van der Waals surface area contributed by atoms with Gasteiger partial charge in [-0.05, 0) is 41.4 Å². The maximum atomic E-state index is 12.1. The number of nitrogens with one attached hydrogen (secondary N) is 1. The minimum absolute atomic E-state index is 0.147. The summed E-state index contributed by atoms with van der Waals surface area (Å²) in [5.41, 5.74) is 0.962. The predicted molar refractivity (Wildman–Crippen MR) is 90.0 cm³/mol. The predicted octanol–water partition coefficient (Wildman–Crippen LogP) is 2.58. The zero-order valence-corrected chi connectivity index (χ0v) is 14.4. The summed E-state index contributed by atoms with van der Waals surface area (Å²) >= 11 is 3.31. The Labute approximate surface area is 138 Å². The van der Waals surface area contributed by atoms with Crippen LogP contribution in [0.25, 0.3) is 0 Å². The van der Waals surface area contributed by atoms with E-state index in [0.717, 1.165) is 22.4 Å². The van der Waals surface area contributed by atoms with Crippen LogP contribution in [0.5, 0.6) is 0 Å². The summed E-state index contributed by atoms with van der Waals surface area (Å²) in [7, 11) is 1.83. The van der Waals surface area contributed by atoms with Gasteiger partial charge in [-0.3, -0.25) is 4.79 Å². The Morgan fingerprint density at radius 3 is 2.77 bits per heavy atom. The molecule has 0 aliphatic carbocycles. The average Bonchev–Trinajstić information content (AvgIpc) is 2.48. The molecule has 22 heavy (non-hydrogen) atoms. The van der Waals surface area contributed by atoms with E-state index in [1.54, 1.807) is 17.2 Å². The fourth-order valence-corrected chi connectivity index (χ4v) is 2.15. The highest BCUT2D eigenvalue weighted by Gasteiger charge is 2.11. The fraction of sp³-hybridized carbons (Fsp3) is 0.333. The fourth-order valence-electron chi connectivity index (χ4n) is 1.92. The van der Waals surface area contributed by atoms with Crippen molar-refractivity contribution in [2.24, 2.45) is 0 Å². The molecule has 2 aromatic heterocycles. The third-order valence-corrected chi connectivity index (χ3v) is 3.48. The molecule has 0 aliphatic heterocycles. The van der Waals surface area contributed by atoms with Crippen LogP contribution < -0.4 is 10.2 Å². The second-order valence-corrected chi connectivity index (χ2v) is 5.80. The molecule has 1 amide bonds. The lowest BCUT2D eigenvalue weighted by atomic mass is 10.3. The summed E-state index contributed by atoms with van der Waals surface area (Å²) in [5, 5.41) is 2.76. The quantitative estimate of drug-likeness (QED) is 0.883. The summed E-state index contributed by atoms with van der Waals surface area (Å²) in [6.07, 6.45) is 2.47. The monoisotopic (exact) mass is 363 g/mol. The number of anilines is 2. The third-order valence-electron chi connectivity index (χ3n) is 3.01. The van der Waals surface area contributed by atoms with Crippen molar-refractivity contribution in [2.45, 2.75) is 20.3 Å². The highest BCUT2D eigenvalue weighted by atomic mass is 79.9. The Bertz CT molecular complexity index is 659. The maximum absolute atomic E-state index is 12.1. The van der Waals surface area contributed by atoms with Gasteiger partial charge in [-0.25, -0.2) is 15.0 Å². The number of rotatable bonds is 5. The van der Waals surface area contributed by atoms with Crippen LogP contribution in [0.1, 0.15) is 18.4 Å². The molecule has 116 valence electrons. The molecule has 0 bridgehead atoms. The molecule has 0 atom stereocenters.